The number of benzene rings is 2. The highest BCUT2D eigenvalue weighted by Gasteiger charge is 2.10. The van der Waals surface area contributed by atoms with Crippen molar-refractivity contribution in [2.45, 2.75) is 19.5 Å². The lowest BCUT2D eigenvalue weighted by molar-refractivity contribution is -0.116. The molecule has 0 atom stereocenters. The Morgan fingerprint density at radius 1 is 1.12 bits per heavy atom. The third-order valence-corrected chi connectivity index (χ3v) is 3.63. The number of ether oxygens (including phenoxy) is 1. The van der Waals surface area contributed by atoms with E-state index in [2.05, 4.69) is 15.4 Å². The number of carbonyl (C=O) groups excluding carboxylic acids is 2. The smallest absolute Gasteiger partial charge is 0.387 e. The van der Waals surface area contributed by atoms with Crippen molar-refractivity contribution in [1.82, 2.24) is 5.32 Å². The Morgan fingerprint density at radius 2 is 1.85 bits per heavy atom. The Morgan fingerprint density at radius 3 is 2.50 bits per heavy atom. The van der Waals surface area contributed by atoms with Crippen LogP contribution in [0.3, 0.4) is 0 Å². The first kappa shape index (κ1) is 19.7. The van der Waals surface area contributed by atoms with Crippen LogP contribution in [0.4, 0.5) is 14.5 Å². The standard InChI is InChI=1S/C18H17ClF2N2O3/c19-14-11-13(8-9-15(14)26-18(20)21)23-16(24)7-4-10-22-17(25)12-5-2-1-3-6-12/h1-3,5-6,8-9,11,18H,4,7,10H2,(H,22,25)(H,23,24). The maximum Gasteiger partial charge on any atom is 0.387 e. The summed E-state index contributed by atoms with van der Waals surface area (Å²) < 4.78 is 28.6. The minimum Gasteiger partial charge on any atom is -0.433 e. The zero-order chi connectivity index (χ0) is 18.9. The van der Waals surface area contributed by atoms with E-state index in [1.54, 1.807) is 24.3 Å². The summed E-state index contributed by atoms with van der Waals surface area (Å²) in [5.74, 6) is -0.645. The summed E-state index contributed by atoms with van der Waals surface area (Å²) in [5.41, 5.74) is 0.924. The van der Waals surface area contributed by atoms with E-state index in [4.69, 9.17) is 11.6 Å². The first-order valence-corrected chi connectivity index (χ1v) is 8.21. The van der Waals surface area contributed by atoms with Gasteiger partial charge in [-0.1, -0.05) is 29.8 Å². The quantitative estimate of drug-likeness (QED) is 0.676. The molecule has 0 aliphatic heterocycles. The van der Waals surface area contributed by atoms with Gasteiger partial charge in [0.05, 0.1) is 5.02 Å². The third-order valence-electron chi connectivity index (χ3n) is 3.33. The Balaban J connectivity index is 1.73. The maximum atomic E-state index is 12.2. The maximum absolute atomic E-state index is 12.2. The number of alkyl halides is 2. The zero-order valence-corrected chi connectivity index (χ0v) is 14.4. The SMILES string of the molecule is O=C(CCCNC(=O)c1ccccc1)Nc1ccc(OC(F)F)c(Cl)c1. The first-order chi connectivity index (χ1) is 12.5. The summed E-state index contributed by atoms with van der Waals surface area (Å²) in [6.07, 6.45) is 0.632. The average molecular weight is 383 g/mol. The second kappa shape index (κ2) is 9.72. The average Bonchev–Trinajstić information content (AvgIpc) is 2.61. The van der Waals surface area contributed by atoms with Crippen LogP contribution in [0.2, 0.25) is 5.02 Å². The summed E-state index contributed by atoms with van der Waals surface area (Å²) in [4.78, 5) is 23.7. The highest BCUT2D eigenvalue weighted by molar-refractivity contribution is 6.32. The van der Waals surface area contributed by atoms with E-state index in [9.17, 15) is 18.4 Å². The molecule has 0 aliphatic rings. The van der Waals surface area contributed by atoms with Crippen LogP contribution >= 0.6 is 11.6 Å². The molecule has 0 fully saturated rings. The summed E-state index contributed by atoms with van der Waals surface area (Å²) in [6, 6.07) is 12.8. The van der Waals surface area contributed by atoms with Gasteiger partial charge < -0.3 is 15.4 Å². The van der Waals surface area contributed by atoms with Crippen molar-refractivity contribution in [3.63, 3.8) is 0 Å². The fraction of sp³-hybridized carbons (Fsp3) is 0.222. The molecule has 0 bridgehead atoms. The number of anilines is 1. The zero-order valence-electron chi connectivity index (χ0n) is 13.7. The predicted octanol–water partition coefficient (Wildman–Crippen LogP) is 4.09. The van der Waals surface area contributed by atoms with E-state index in [1.807, 2.05) is 6.07 Å². The van der Waals surface area contributed by atoms with Gasteiger partial charge in [0.15, 0.2) is 0 Å². The molecule has 8 heteroatoms. The fourth-order valence-electron chi connectivity index (χ4n) is 2.14. The summed E-state index contributed by atoms with van der Waals surface area (Å²) in [7, 11) is 0. The highest BCUT2D eigenvalue weighted by atomic mass is 35.5. The normalized spacial score (nSPS) is 10.5. The molecule has 2 amide bonds. The second-order valence-electron chi connectivity index (χ2n) is 5.30. The number of hydrogen-bond donors (Lipinski definition) is 2. The monoisotopic (exact) mass is 382 g/mol. The van der Waals surface area contributed by atoms with Crippen LogP contribution in [0.1, 0.15) is 23.2 Å². The fourth-order valence-corrected chi connectivity index (χ4v) is 2.36. The minimum absolute atomic E-state index is 0.0294. The van der Waals surface area contributed by atoms with Gasteiger partial charge in [-0.05, 0) is 36.8 Å². The van der Waals surface area contributed by atoms with Crippen molar-refractivity contribution in [1.29, 1.82) is 0 Å². The molecule has 2 rings (SSSR count). The summed E-state index contributed by atoms with van der Waals surface area (Å²) in [6.45, 7) is -2.62. The molecule has 0 unspecified atom stereocenters. The van der Waals surface area contributed by atoms with Crippen LogP contribution in [0.15, 0.2) is 48.5 Å². The van der Waals surface area contributed by atoms with Crippen molar-refractivity contribution < 1.29 is 23.1 Å². The Hall–Kier alpha value is -2.67. The third kappa shape index (κ3) is 6.33. The van der Waals surface area contributed by atoms with Gasteiger partial charge >= 0.3 is 6.61 Å². The number of nitrogens with one attached hydrogen (secondary N) is 2. The van der Waals surface area contributed by atoms with Crippen LogP contribution in [0.25, 0.3) is 0 Å². The highest BCUT2D eigenvalue weighted by Crippen LogP contribution is 2.28. The lowest BCUT2D eigenvalue weighted by Crippen LogP contribution is -2.25. The van der Waals surface area contributed by atoms with Crippen LogP contribution < -0.4 is 15.4 Å². The van der Waals surface area contributed by atoms with Crippen molar-refractivity contribution in [2.24, 2.45) is 0 Å². The number of rotatable bonds is 8. The first-order valence-electron chi connectivity index (χ1n) is 7.83. The summed E-state index contributed by atoms with van der Waals surface area (Å²) in [5, 5.41) is 5.30. The molecular weight excluding hydrogens is 366 g/mol. The van der Waals surface area contributed by atoms with Gasteiger partial charge in [0, 0.05) is 24.2 Å². The molecule has 2 N–H and O–H groups in total. The molecule has 0 radical (unpaired) electrons. The number of amides is 2. The van der Waals surface area contributed by atoms with Crippen LogP contribution in [-0.4, -0.2) is 25.0 Å². The van der Waals surface area contributed by atoms with Gasteiger partial charge in [-0.2, -0.15) is 8.78 Å². The van der Waals surface area contributed by atoms with Gasteiger partial charge in [-0.3, -0.25) is 9.59 Å². The molecule has 2 aromatic rings. The van der Waals surface area contributed by atoms with Gasteiger partial charge in [-0.25, -0.2) is 0 Å². The molecule has 0 spiro atoms. The summed E-state index contributed by atoms with van der Waals surface area (Å²) >= 11 is 5.82. The van der Waals surface area contributed by atoms with Gasteiger partial charge in [0.25, 0.3) is 5.91 Å². The largest absolute Gasteiger partial charge is 0.433 e. The second-order valence-corrected chi connectivity index (χ2v) is 5.70. The predicted molar refractivity (Wildman–Crippen MR) is 94.7 cm³/mol. The van der Waals surface area contributed by atoms with Crippen LogP contribution in [0, 0.1) is 0 Å². The lowest BCUT2D eigenvalue weighted by Gasteiger charge is -2.10. The van der Waals surface area contributed by atoms with E-state index in [0.29, 0.717) is 24.2 Å². The van der Waals surface area contributed by atoms with E-state index in [1.165, 1.54) is 18.2 Å². The van der Waals surface area contributed by atoms with E-state index < -0.39 is 6.61 Å². The molecule has 138 valence electrons. The lowest BCUT2D eigenvalue weighted by atomic mass is 10.2. The van der Waals surface area contributed by atoms with Gasteiger partial charge in [0.2, 0.25) is 5.91 Å². The van der Waals surface area contributed by atoms with Crippen molar-refractivity contribution in [3.8, 4) is 5.75 Å². The minimum atomic E-state index is -2.97. The molecule has 0 aromatic heterocycles. The molecule has 2 aromatic carbocycles. The number of hydrogen-bond acceptors (Lipinski definition) is 3. The van der Waals surface area contributed by atoms with E-state index >= 15 is 0 Å². The van der Waals surface area contributed by atoms with Crippen molar-refractivity contribution >= 4 is 29.1 Å². The Bertz CT molecular complexity index is 757. The molecule has 26 heavy (non-hydrogen) atoms. The molecule has 0 heterocycles. The van der Waals surface area contributed by atoms with Crippen LogP contribution in [0.5, 0.6) is 5.75 Å². The van der Waals surface area contributed by atoms with Gasteiger partial charge in [-0.15, -0.1) is 0 Å². The van der Waals surface area contributed by atoms with Gasteiger partial charge in [0.1, 0.15) is 5.75 Å². The van der Waals surface area contributed by atoms with Crippen molar-refractivity contribution in [3.05, 3.63) is 59.1 Å². The Kier molecular flexibility index (Phi) is 7.35. The molecule has 0 saturated carbocycles. The molecule has 0 saturated heterocycles. The van der Waals surface area contributed by atoms with E-state index in [-0.39, 0.29) is 29.0 Å². The molecule has 5 nitrogen and oxygen atoms in total. The van der Waals surface area contributed by atoms with E-state index in [0.717, 1.165) is 0 Å². The topological polar surface area (TPSA) is 67.4 Å². The number of halogens is 3. The molecular formula is C18H17ClF2N2O3. The Labute approximate surface area is 154 Å². The molecule has 0 aliphatic carbocycles. The number of carbonyl (C=O) groups is 2. The van der Waals surface area contributed by atoms with Crippen LogP contribution in [-0.2, 0) is 4.79 Å². The van der Waals surface area contributed by atoms with Crippen molar-refractivity contribution in [2.75, 3.05) is 11.9 Å².